The summed E-state index contributed by atoms with van der Waals surface area (Å²) in [4.78, 5) is 24.2. The molecule has 0 saturated heterocycles. The smallest absolute Gasteiger partial charge is 0.258 e. The highest BCUT2D eigenvalue weighted by Gasteiger charge is 2.21. The molecule has 2 rings (SSSR count). The van der Waals surface area contributed by atoms with E-state index in [1.54, 1.807) is 24.3 Å². The van der Waals surface area contributed by atoms with Crippen LogP contribution in [0.1, 0.15) is 27.7 Å². The third kappa shape index (κ3) is 3.43. The number of thiophene rings is 1. The van der Waals surface area contributed by atoms with E-state index in [2.05, 4.69) is 10.6 Å². The molecule has 1 heterocycles. The Hall–Kier alpha value is -1.85. The van der Waals surface area contributed by atoms with Gasteiger partial charge in [0, 0.05) is 15.6 Å². The van der Waals surface area contributed by atoms with Crippen molar-refractivity contribution in [3.05, 3.63) is 45.3 Å². The summed E-state index contributed by atoms with van der Waals surface area (Å²) in [6.45, 7) is 3.92. The van der Waals surface area contributed by atoms with Crippen molar-refractivity contribution < 1.29 is 9.59 Å². The Kier molecular flexibility index (Phi) is 4.98. The van der Waals surface area contributed by atoms with Gasteiger partial charge >= 0.3 is 0 Å². The van der Waals surface area contributed by atoms with Crippen LogP contribution in [0, 0.1) is 6.92 Å². The fraction of sp³-hybridized carbons (Fsp3) is 0.200. The van der Waals surface area contributed by atoms with Gasteiger partial charge in [0.15, 0.2) is 0 Å². The molecule has 2 aromatic rings. The fourth-order valence-electron chi connectivity index (χ4n) is 2.16. The largest absolute Gasteiger partial charge is 0.322 e. The molecular formula is C15H15ClN2O2S. The van der Waals surface area contributed by atoms with E-state index in [0.717, 1.165) is 16.9 Å². The monoisotopic (exact) mass is 322 g/mol. The van der Waals surface area contributed by atoms with Crippen LogP contribution in [0.25, 0.3) is 0 Å². The van der Waals surface area contributed by atoms with Gasteiger partial charge in [-0.25, -0.2) is 0 Å². The molecule has 0 unspecified atom stereocenters. The maximum absolute atomic E-state index is 12.5. The van der Waals surface area contributed by atoms with E-state index in [-0.39, 0.29) is 5.91 Å². The van der Waals surface area contributed by atoms with E-state index in [1.165, 1.54) is 11.3 Å². The first-order valence-electron chi connectivity index (χ1n) is 6.46. The third-order valence-electron chi connectivity index (χ3n) is 3.06. The number of carbonyl (C=O) groups excluding carboxylic acids is 2. The Morgan fingerprint density at radius 3 is 2.81 bits per heavy atom. The number of hydrogen-bond acceptors (Lipinski definition) is 3. The number of amides is 2. The minimum absolute atomic E-state index is 0.247. The summed E-state index contributed by atoms with van der Waals surface area (Å²) in [7, 11) is 0. The number of hydrogen-bond donors (Lipinski definition) is 2. The molecule has 6 heteroatoms. The Labute approximate surface area is 132 Å². The molecule has 0 aliphatic carbocycles. The van der Waals surface area contributed by atoms with Crippen LogP contribution in [0.4, 0.5) is 10.7 Å². The second-order valence-electron chi connectivity index (χ2n) is 4.42. The van der Waals surface area contributed by atoms with Gasteiger partial charge in [0.2, 0.25) is 6.41 Å². The van der Waals surface area contributed by atoms with Crippen LogP contribution in [0.15, 0.2) is 24.3 Å². The fourth-order valence-corrected chi connectivity index (χ4v) is 3.45. The number of anilines is 2. The summed E-state index contributed by atoms with van der Waals surface area (Å²) in [6, 6.07) is 6.95. The molecule has 4 nitrogen and oxygen atoms in total. The second kappa shape index (κ2) is 6.74. The molecule has 21 heavy (non-hydrogen) atoms. The van der Waals surface area contributed by atoms with Gasteiger partial charge in [-0.1, -0.05) is 24.6 Å². The summed E-state index contributed by atoms with van der Waals surface area (Å²) < 4.78 is 0. The zero-order valence-corrected chi connectivity index (χ0v) is 13.3. The molecular weight excluding hydrogens is 308 g/mol. The molecule has 0 radical (unpaired) electrons. The van der Waals surface area contributed by atoms with Crippen molar-refractivity contribution >= 4 is 45.9 Å². The Morgan fingerprint density at radius 1 is 1.43 bits per heavy atom. The van der Waals surface area contributed by atoms with Crippen molar-refractivity contribution in [1.82, 2.24) is 0 Å². The van der Waals surface area contributed by atoms with Crippen LogP contribution < -0.4 is 10.6 Å². The van der Waals surface area contributed by atoms with E-state index < -0.39 is 0 Å². The molecule has 2 N–H and O–H groups in total. The van der Waals surface area contributed by atoms with Gasteiger partial charge in [0.05, 0.1) is 5.56 Å². The zero-order chi connectivity index (χ0) is 15.4. The summed E-state index contributed by atoms with van der Waals surface area (Å²) in [5.74, 6) is -0.247. The van der Waals surface area contributed by atoms with Crippen molar-refractivity contribution in [2.24, 2.45) is 0 Å². The third-order valence-corrected chi connectivity index (χ3v) is 4.38. The number of rotatable bonds is 5. The van der Waals surface area contributed by atoms with Crippen LogP contribution in [-0.2, 0) is 11.2 Å². The maximum atomic E-state index is 12.5. The lowest BCUT2D eigenvalue weighted by Gasteiger charge is -2.08. The van der Waals surface area contributed by atoms with Crippen molar-refractivity contribution in [2.75, 3.05) is 10.6 Å². The van der Waals surface area contributed by atoms with Gasteiger partial charge in [-0.3, -0.25) is 9.59 Å². The van der Waals surface area contributed by atoms with E-state index in [1.807, 2.05) is 13.8 Å². The normalized spacial score (nSPS) is 10.2. The molecule has 1 aromatic heterocycles. The average molecular weight is 323 g/mol. The minimum Gasteiger partial charge on any atom is -0.322 e. The van der Waals surface area contributed by atoms with Crippen molar-refractivity contribution in [2.45, 2.75) is 20.3 Å². The van der Waals surface area contributed by atoms with Gasteiger partial charge < -0.3 is 10.6 Å². The summed E-state index contributed by atoms with van der Waals surface area (Å²) in [5.41, 5.74) is 2.09. The van der Waals surface area contributed by atoms with E-state index in [4.69, 9.17) is 11.6 Å². The van der Waals surface area contributed by atoms with Gasteiger partial charge in [0.1, 0.15) is 5.00 Å². The molecule has 1 aromatic carbocycles. The predicted octanol–water partition coefficient (Wildman–Crippen LogP) is 4.09. The van der Waals surface area contributed by atoms with Crippen LogP contribution in [0.2, 0.25) is 5.02 Å². The lowest BCUT2D eigenvalue weighted by molar-refractivity contribution is -0.105. The quantitative estimate of drug-likeness (QED) is 0.814. The van der Waals surface area contributed by atoms with Gasteiger partial charge in [-0.15, -0.1) is 11.3 Å². The lowest BCUT2D eigenvalue weighted by Crippen LogP contribution is -2.15. The van der Waals surface area contributed by atoms with Gasteiger partial charge in [0.25, 0.3) is 5.91 Å². The Bertz CT molecular complexity index is 682. The van der Waals surface area contributed by atoms with Crippen LogP contribution >= 0.6 is 22.9 Å². The minimum atomic E-state index is -0.247. The van der Waals surface area contributed by atoms with Gasteiger partial charge in [-0.2, -0.15) is 0 Å². The highest BCUT2D eigenvalue weighted by Crippen LogP contribution is 2.33. The summed E-state index contributed by atoms with van der Waals surface area (Å²) >= 11 is 7.31. The van der Waals surface area contributed by atoms with Crippen molar-refractivity contribution in [1.29, 1.82) is 0 Å². The summed E-state index contributed by atoms with van der Waals surface area (Å²) in [5, 5.41) is 6.53. The van der Waals surface area contributed by atoms with Crippen LogP contribution in [0.3, 0.4) is 0 Å². The molecule has 2 amide bonds. The topological polar surface area (TPSA) is 58.2 Å². The van der Waals surface area contributed by atoms with Crippen molar-refractivity contribution in [3.63, 3.8) is 0 Å². The standard InChI is InChI=1S/C15H15ClN2O2S/c1-3-12-9(2)21-15(17-8-19)13(12)14(20)18-11-6-4-5-10(16)7-11/h4-8H,3H2,1-2H3,(H,17,19)(H,18,20). The number of halogens is 1. The zero-order valence-electron chi connectivity index (χ0n) is 11.7. The lowest BCUT2D eigenvalue weighted by atomic mass is 10.1. The highest BCUT2D eigenvalue weighted by molar-refractivity contribution is 7.16. The Morgan fingerprint density at radius 2 is 2.19 bits per heavy atom. The molecule has 0 bridgehead atoms. The number of carbonyl (C=O) groups is 2. The van der Waals surface area contributed by atoms with Crippen LogP contribution in [-0.4, -0.2) is 12.3 Å². The Balaban J connectivity index is 2.35. The number of aryl methyl sites for hydroxylation is 1. The van der Waals surface area contributed by atoms with E-state index >= 15 is 0 Å². The predicted molar refractivity (Wildman–Crippen MR) is 87.5 cm³/mol. The molecule has 0 spiro atoms. The van der Waals surface area contributed by atoms with E-state index in [0.29, 0.717) is 27.7 Å². The molecule has 0 aliphatic heterocycles. The molecule has 0 fully saturated rings. The average Bonchev–Trinajstić information content (AvgIpc) is 2.75. The van der Waals surface area contributed by atoms with Crippen molar-refractivity contribution in [3.8, 4) is 0 Å². The maximum Gasteiger partial charge on any atom is 0.258 e. The summed E-state index contributed by atoms with van der Waals surface area (Å²) in [6.07, 6.45) is 1.31. The first kappa shape index (κ1) is 15.5. The molecule has 110 valence electrons. The second-order valence-corrected chi connectivity index (χ2v) is 6.08. The first-order valence-corrected chi connectivity index (χ1v) is 7.65. The molecule has 0 aliphatic rings. The number of benzene rings is 1. The van der Waals surface area contributed by atoms with Crippen LogP contribution in [0.5, 0.6) is 0 Å². The highest BCUT2D eigenvalue weighted by atomic mass is 35.5. The molecule has 0 saturated carbocycles. The van der Waals surface area contributed by atoms with Gasteiger partial charge in [-0.05, 0) is 37.1 Å². The number of nitrogens with one attached hydrogen (secondary N) is 2. The van der Waals surface area contributed by atoms with E-state index in [9.17, 15) is 9.59 Å². The molecule has 0 atom stereocenters. The SMILES string of the molecule is CCc1c(C)sc(NC=O)c1C(=O)Nc1cccc(Cl)c1. The first-order chi connectivity index (χ1) is 10.1.